The van der Waals surface area contributed by atoms with Gasteiger partial charge >= 0.3 is 11.8 Å². The average molecular weight is 462 g/mol. The summed E-state index contributed by atoms with van der Waals surface area (Å²) >= 11 is 0. The molecule has 8 nitrogen and oxygen atoms in total. The van der Waals surface area contributed by atoms with Gasteiger partial charge in [-0.3, -0.25) is 14.4 Å². The number of aryl methyl sites for hydroxylation is 1. The molecule has 0 aliphatic rings. The van der Waals surface area contributed by atoms with Crippen LogP contribution < -0.4 is 20.8 Å². The average Bonchev–Trinajstić information content (AvgIpc) is 2.85. The number of nitrogens with zero attached hydrogens (tertiary/aromatic N) is 1. The molecular formula is C25H23FN4O4. The Bertz CT molecular complexity index is 1210. The molecule has 0 aromatic heterocycles. The number of hydrogen-bond acceptors (Lipinski definition) is 5. The highest BCUT2D eigenvalue weighted by atomic mass is 19.1. The molecule has 0 atom stereocenters. The lowest BCUT2D eigenvalue weighted by Gasteiger charge is -2.11. The summed E-state index contributed by atoms with van der Waals surface area (Å²) in [6.45, 7) is 1.76. The van der Waals surface area contributed by atoms with Crippen molar-refractivity contribution in [1.82, 2.24) is 5.43 Å². The first kappa shape index (κ1) is 24.1. The minimum Gasteiger partial charge on any atom is -0.483 e. The Morgan fingerprint density at radius 2 is 1.56 bits per heavy atom. The lowest BCUT2D eigenvalue weighted by atomic mass is 10.1. The van der Waals surface area contributed by atoms with Gasteiger partial charge in [0.1, 0.15) is 11.6 Å². The van der Waals surface area contributed by atoms with E-state index < -0.39 is 17.6 Å². The van der Waals surface area contributed by atoms with E-state index in [1.807, 2.05) is 31.2 Å². The van der Waals surface area contributed by atoms with Crippen LogP contribution in [0.2, 0.25) is 0 Å². The number of halogens is 1. The van der Waals surface area contributed by atoms with E-state index in [2.05, 4.69) is 21.2 Å². The number of hydrogen-bond donors (Lipinski definition) is 3. The largest absolute Gasteiger partial charge is 0.483 e. The molecule has 0 heterocycles. The van der Waals surface area contributed by atoms with Crippen molar-refractivity contribution in [2.75, 3.05) is 17.2 Å². The van der Waals surface area contributed by atoms with Crippen LogP contribution >= 0.6 is 0 Å². The highest BCUT2D eigenvalue weighted by Gasteiger charge is 2.15. The van der Waals surface area contributed by atoms with Crippen LogP contribution in [-0.4, -0.2) is 30.5 Å². The minimum absolute atomic E-state index is 0.120. The number of amides is 3. The normalized spacial score (nSPS) is 10.5. The number of para-hydroxylation sites is 3. The molecule has 9 heteroatoms. The number of benzene rings is 3. The molecule has 0 bridgehead atoms. The molecule has 3 rings (SSSR count). The second-order valence-corrected chi connectivity index (χ2v) is 7.02. The van der Waals surface area contributed by atoms with E-state index in [1.165, 1.54) is 24.4 Å². The van der Waals surface area contributed by atoms with Crippen LogP contribution in [-0.2, 0) is 20.8 Å². The van der Waals surface area contributed by atoms with E-state index in [0.29, 0.717) is 11.3 Å². The van der Waals surface area contributed by atoms with E-state index in [4.69, 9.17) is 4.74 Å². The molecular weight excluding hydrogens is 439 g/mol. The molecule has 3 aromatic rings. The van der Waals surface area contributed by atoms with Gasteiger partial charge in [0, 0.05) is 11.3 Å². The first-order chi connectivity index (χ1) is 16.5. The molecule has 174 valence electrons. The summed E-state index contributed by atoms with van der Waals surface area (Å²) < 4.78 is 19.2. The molecule has 0 fully saturated rings. The smallest absolute Gasteiger partial charge is 0.329 e. The minimum atomic E-state index is -1.08. The van der Waals surface area contributed by atoms with E-state index in [1.54, 1.807) is 24.3 Å². The number of hydrazone groups is 1. The zero-order chi connectivity index (χ0) is 24.3. The summed E-state index contributed by atoms with van der Waals surface area (Å²) in [5, 5.41) is 8.73. The number of nitrogens with one attached hydrogen (secondary N) is 3. The molecule has 0 saturated carbocycles. The van der Waals surface area contributed by atoms with Crippen LogP contribution in [0.15, 0.2) is 77.9 Å². The summed E-state index contributed by atoms with van der Waals surface area (Å²) in [6, 6.07) is 19.7. The van der Waals surface area contributed by atoms with Crippen molar-refractivity contribution in [3.63, 3.8) is 0 Å². The zero-order valence-electron chi connectivity index (χ0n) is 18.4. The van der Waals surface area contributed by atoms with Crippen LogP contribution in [0.3, 0.4) is 0 Å². The first-order valence-electron chi connectivity index (χ1n) is 10.5. The fourth-order valence-electron chi connectivity index (χ4n) is 2.95. The van der Waals surface area contributed by atoms with Gasteiger partial charge in [-0.05, 0) is 42.3 Å². The highest BCUT2D eigenvalue weighted by Crippen LogP contribution is 2.18. The van der Waals surface area contributed by atoms with Crippen molar-refractivity contribution in [3.8, 4) is 5.75 Å². The molecule has 0 spiro atoms. The summed E-state index contributed by atoms with van der Waals surface area (Å²) in [5.74, 6) is -2.79. The van der Waals surface area contributed by atoms with E-state index in [-0.39, 0.29) is 18.2 Å². The van der Waals surface area contributed by atoms with Crippen LogP contribution in [0, 0.1) is 5.82 Å². The maximum Gasteiger partial charge on any atom is 0.329 e. The van der Waals surface area contributed by atoms with Gasteiger partial charge in [0.15, 0.2) is 6.61 Å². The van der Waals surface area contributed by atoms with E-state index in [0.717, 1.165) is 23.7 Å². The Morgan fingerprint density at radius 1 is 0.882 bits per heavy atom. The molecule has 34 heavy (non-hydrogen) atoms. The van der Waals surface area contributed by atoms with Crippen LogP contribution in [0.25, 0.3) is 0 Å². The molecule has 3 aromatic carbocycles. The molecule has 3 N–H and O–H groups in total. The molecule has 0 aliphatic heterocycles. The van der Waals surface area contributed by atoms with Gasteiger partial charge in [-0.2, -0.15) is 5.10 Å². The molecule has 0 saturated heterocycles. The number of ether oxygens (including phenoxy) is 1. The van der Waals surface area contributed by atoms with Gasteiger partial charge in [0.2, 0.25) is 0 Å². The number of carbonyl (C=O) groups is 3. The second kappa shape index (κ2) is 11.9. The van der Waals surface area contributed by atoms with Crippen molar-refractivity contribution < 1.29 is 23.5 Å². The van der Waals surface area contributed by atoms with Crippen molar-refractivity contribution in [1.29, 1.82) is 0 Å². The Balaban J connectivity index is 1.55. The first-order valence-corrected chi connectivity index (χ1v) is 10.5. The Kier molecular flexibility index (Phi) is 8.45. The molecule has 3 amide bonds. The SMILES string of the molecule is CCc1ccccc1NC(=O)COc1ccccc1/C=N\NC(=O)C(=O)Nc1ccccc1F. The topological polar surface area (TPSA) is 109 Å². The number of anilines is 2. The van der Waals surface area contributed by atoms with Gasteiger partial charge in [-0.1, -0.05) is 49.4 Å². The summed E-state index contributed by atoms with van der Waals surface area (Å²) in [7, 11) is 0. The molecule has 0 aliphatic carbocycles. The third kappa shape index (κ3) is 6.73. The Hall–Kier alpha value is -4.53. The summed E-state index contributed by atoms with van der Waals surface area (Å²) in [5.41, 5.74) is 4.16. The number of rotatable bonds is 8. The highest BCUT2D eigenvalue weighted by molar-refractivity contribution is 6.39. The lowest BCUT2D eigenvalue weighted by Crippen LogP contribution is -2.32. The van der Waals surface area contributed by atoms with Crippen molar-refractivity contribution in [2.45, 2.75) is 13.3 Å². The van der Waals surface area contributed by atoms with Crippen molar-refractivity contribution >= 4 is 35.3 Å². The summed E-state index contributed by atoms with van der Waals surface area (Å²) in [6.07, 6.45) is 2.05. The quantitative estimate of drug-likeness (QED) is 0.270. The second-order valence-electron chi connectivity index (χ2n) is 7.02. The Labute approximate surface area is 195 Å². The van der Waals surface area contributed by atoms with Crippen LogP contribution in [0.1, 0.15) is 18.1 Å². The lowest BCUT2D eigenvalue weighted by molar-refractivity contribution is -0.136. The van der Waals surface area contributed by atoms with Crippen molar-refractivity contribution in [2.24, 2.45) is 5.10 Å². The molecule has 0 unspecified atom stereocenters. The third-order valence-corrected chi connectivity index (χ3v) is 4.65. The van der Waals surface area contributed by atoms with Crippen molar-refractivity contribution in [3.05, 3.63) is 89.7 Å². The standard InChI is InChI=1S/C25H23FN4O4/c1-2-17-9-3-6-12-20(17)28-23(31)16-34-22-14-8-4-10-18(22)15-27-30-25(33)24(32)29-21-13-7-5-11-19(21)26/h3-15H,2,16H2,1H3,(H,28,31)(H,29,32)(H,30,33)/b27-15-. The third-order valence-electron chi connectivity index (χ3n) is 4.65. The van der Waals surface area contributed by atoms with Gasteiger partial charge in [-0.25, -0.2) is 9.82 Å². The van der Waals surface area contributed by atoms with Gasteiger partial charge in [0.25, 0.3) is 5.91 Å². The van der Waals surface area contributed by atoms with Crippen LogP contribution in [0.4, 0.5) is 15.8 Å². The fourth-order valence-corrected chi connectivity index (χ4v) is 2.95. The van der Waals surface area contributed by atoms with E-state index in [9.17, 15) is 18.8 Å². The van der Waals surface area contributed by atoms with Gasteiger partial charge < -0.3 is 15.4 Å². The van der Waals surface area contributed by atoms with Gasteiger partial charge in [0.05, 0.1) is 11.9 Å². The number of carbonyl (C=O) groups excluding carboxylic acids is 3. The zero-order valence-corrected chi connectivity index (χ0v) is 18.4. The van der Waals surface area contributed by atoms with Crippen LogP contribution in [0.5, 0.6) is 5.75 Å². The monoisotopic (exact) mass is 462 g/mol. The van der Waals surface area contributed by atoms with E-state index >= 15 is 0 Å². The maximum absolute atomic E-state index is 13.6. The predicted octanol–water partition coefficient (Wildman–Crippen LogP) is 3.49. The Morgan fingerprint density at radius 3 is 2.32 bits per heavy atom. The van der Waals surface area contributed by atoms with Gasteiger partial charge in [-0.15, -0.1) is 0 Å². The maximum atomic E-state index is 13.6. The fraction of sp³-hybridized carbons (Fsp3) is 0.120. The summed E-state index contributed by atoms with van der Waals surface area (Å²) in [4.78, 5) is 36.2. The molecule has 0 radical (unpaired) electrons. The predicted molar refractivity (Wildman–Crippen MR) is 127 cm³/mol.